The zero-order chi connectivity index (χ0) is 17.0. The Hall–Kier alpha value is -2.27. The van der Waals surface area contributed by atoms with Gasteiger partial charge in [0, 0.05) is 23.8 Å². The number of nitrogens with one attached hydrogen (secondary N) is 1. The maximum Gasteiger partial charge on any atom is 0.335 e. The Kier molecular flexibility index (Phi) is 5.45. The van der Waals surface area contributed by atoms with Crippen LogP contribution in [-0.4, -0.2) is 29.1 Å². The monoisotopic (exact) mass is 333 g/mol. The molecule has 2 N–H and O–H groups in total. The summed E-state index contributed by atoms with van der Waals surface area (Å²) < 4.78 is 0. The third-order valence-corrected chi connectivity index (χ3v) is 3.81. The summed E-state index contributed by atoms with van der Waals surface area (Å²) in [5.74, 6) is 0.504. The Morgan fingerprint density at radius 1 is 1.26 bits per heavy atom. The molecule has 0 aliphatic heterocycles. The second-order valence-electron chi connectivity index (χ2n) is 5.16. The van der Waals surface area contributed by atoms with Gasteiger partial charge in [0.2, 0.25) is 0 Å². The molecule has 2 rings (SSSR count). The Morgan fingerprint density at radius 3 is 2.52 bits per heavy atom. The molecule has 1 aromatic heterocycles. The van der Waals surface area contributed by atoms with Gasteiger partial charge in [0.05, 0.1) is 5.56 Å². The zero-order valence-corrected chi connectivity index (χ0v) is 14.2. The first-order valence-electron chi connectivity index (χ1n) is 7.48. The summed E-state index contributed by atoms with van der Waals surface area (Å²) in [7, 11) is 0. The first-order chi connectivity index (χ1) is 10.9. The molecule has 6 heteroatoms. The lowest BCUT2D eigenvalue weighted by molar-refractivity contribution is 0.0696. The molecule has 0 atom stereocenters. The largest absolute Gasteiger partial charge is 0.478 e. The summed E-state index contributed by atoms with van der Waals surface area (Å²) in [6.07, 6.45) is 0. The van der Waals surface area contributed by atoms with E-state index in [1.54, 1.807) is 31.2 Å². The molecule has 23 heavy (non-hydrogen) atoms. The normalized spacial score (nSPS) is 10.4. The number of hydrogen-bond acceptors (Lipinski definition) is 4. The average molecular weight is 334 g/mol. The Morgan fingerprint density at radius 2 is 1.96 bits per heavy atom. The van der Waals surface area contributed by atoms with Crippen LogP contribution in [0.4, 0.5) is 17.3 Å². The van der Waals surface area contributed by atoms with Crippen molar-refractivity contribution < 1.29 is 9.90 Å². The molecule has 0 aliphatic carbocycles. The number of aromatic carboxylic acids is 1. The van der Waals surface area contributed by atoms with Crippen LogP contribution in [0, 0.1) is 6.92 Å². The van der Waals surface area contributed by atoms with Crippen molar-refractivity contribution in [2.45, 2.75) is 20.8 Å². The first-order valence-corrected chi connectivity index (χ1v) is 7.85. The summed E-state index contributed by atoms with van der Waals surface area (Å²) >= 11 is 6.19. The molecule has 2 aromatic rings. The molecule has 0 saturated heterocycles. The van der Waals surface area contributed by atoms with E-state index >= 15 is 0 Å². The number of rotatable bonds is 6. The third kappa shape index (κ3) is 4.13. The van der Waals surface area contributed by atoms with Crippen LogP contribution in [-0.2, 0) is 0 Å². The van der Waals surface area contributed by atoms with Gasteiger partial charge in [-0.15, -0.1) is 0 Å². The van der Waals surface area contributed by atoms with E-state index in [0.29, 0.717) is 22.0 Å². The molecule has 1 heterocycles. The summed E-state index contributed by atoms with van der Waals surface area (Å²) in [5.41, 5.74) is 1.75. The predicted molar refractivity (Wildman–Crippen MR) is 94.2 cm³/mol. The molecule has 0 unspecified atom stereocenters. The molecule has 0 spiro atoms. The molecule has 0 amide bonds. The van der Waals surface area contributed by atoms with Crippen LogP contribution in [0.2, 0.25) is 5.02 Å². The lowest BCUT2D eigenvalue weighted by Crippen LogP contribution is -2.23. The van der Waals surface area contributed by atoms with Gasteiger partial charge in [0.15, 0.2) is 0 Å². The van der Waals surface area contributed by atoms with Crippen LogP contribution in [0.15, 0.2) is 30.3 Å². The van der Waals surface area contributed by atoms with Crippen LogP contribution in [0.5, 0.6) is 0 Å². The zero-order valence-electron chi connectivity index (χ0n) is 13.4. The van der Waals surface area contributed by atoms with E-state index in [2.05, 4.69) is 29.0 Å². The van der Waals surface area contributed by atoms with Gasteiger partial charge >= 0.3 is 5.97 Å². The first kappa shape index (κ1) is 17.1. The molecule has 5 nitrogen and oxygen atoms in total. The Labute approximate surface area is 140 Å². The predicted octanol–water partition coefficient (Wildman–Crippen LogP) is 4.33. The van der Waals surface area contributed by atoms with E-state index in [1.807, 2.05) is 6.07 Å². The second-order valence-corrected chi connectivity index (χ2v) is 5.60. The molecule has 122 valence electrons. The number of carbonyl (C=O) groups is 1. The van der Waals surface area contributed by atoms with E-state index in [9.17, 15) is 4.79 Å². The molecule has 1 aromatic carbocycles. The van der Waals surface area contributed by atoms with Crippen molar-refractivity contribution in [3.63, 3.8) is 0 Å². The van der Waals surface area contributed by atoms with Crippen LogP contribution in [0.25, 0.3) is 0 Å². The summed E-state index contributed by atoms with van der Waals surface area (Å²) in [5, 5.41) is 12.9. The van der Waals surface area contributed by atoms with Gasteiger partial charge < -0.3 is 15.3 Å². The summed E-state index contributed by atoms with van der Waals surface area (Å²) in [6, 6.07) is 8.66. The number of nitrogens with zero attached hydrogens (tertiary/aromatic N) is 2. The number of benzene rings is 1. The quantitative estimate of drug-likeness (QED) is 0.823. The van der Waals surface area contributed by atoms with E-state index in [0.717, 1.165) is 24.6 Å². The van der Waals surface area contributed by atoms with Crippen molar-refractivity contribution in [3.8, 4) is 0 Å². The molecular formula is C17H20ClN3O2. The summed E-state index contributed by atoms with van der Waals surface area (Å²) in [6.45, 7) is 7.58. The highest BCUT2D eigenvalue weighted by molar-refractivity contribution is 6.31. The van der Waals surface area contributed by atoms with Crippen molar-refractivity contribution in [2.75, 3.05) is 23.3 Å². The minimum Gasteiger partial charge on any atom is -0.478 e. The molecular weight excluding hydrogens is 314 g/mol. The maximum atomic E-state index is 11.1. The van der Waals surface area contributed by atoms with Gasteiger partial charge in [-0.1, -0.05) is 11.6 Å². The highest BCUT2D eigenvalue weighted by Crippen LogP contribution is 2.25. The van der Waals surface area contributed by atoms with Gasteiger partial charge in [-0.25, -0.2) is 9.78 Å². The number of carboxylic acids is 1. The van der Waals surface area contributed by atoms with Crippen LogP contribution >= 0.6 is 11.6 Å². The fourth-order valence-electron chi connectivity index (χ4n) is 2.39. The van der Waals surface area contributed by atoms with E-state index < -0.39 is 5.97 Å². The fourth-order valence-corrected chi connectivity index (χ4v) is 2.59. The van der Waals surface area contributed by atoms with Crippen molar-refractivity contribution in [1.82, 2.24) is 4.98 Å². The van der Waals surface area contributed by atoms with Gasteiger partial charge in [0.25, 0.3) is 0 Å². The minimum atomic E-state index is -0.932. The standard InChI is InChI=1S/C17H20ClN3O2/c1-4-21(5-2)16-10-12(18)9-15(20-16)19-13-6-7-14(17(22)23)11(3)8-13/h6-10H,4-5H2,1-3H3,(H,19,20)(H,22,23). The van der Waals surface area contributed by atoms with E-state index in [-0.39, 0.29) is 0 Å². The second kappa shape index (κ2) is 7.33. The molecule has 0 saturated carbocycles. The van der Waals surface area contributed by atoms with Gasteiger partial charge in [0.1, 0.15) is 11.6 Å². The number of aromatic nitrogens is 1. The molecule has 0 fully saturated rings. The van der Waals surface area contributed by atoms with Gasteiger partial charge in [-0.2, -0.15) is 0 Å². The lowest BCUT2D eigenvalue weighted by Gasteiger charge is -2.21. The SMILES string of the molecule is CCN(CC)c1cc(Cl)cc(Nc2ccc(C(=O)O)c(C)c2)n1. The molecule has 0 bridgehead atoms. The molecule has 0 aliphatic rings. The van der Waals surface area contributed by atoms with Crippen molar-refractivity contribution in [3.05, 3.63) is 46.5 Å². The number of pyridine rings is 1. The summed E-state index contributed by atoms with van der Waals surface area (Å²) in [4.78, 5) is 17.7. The number of aryl methyl sites for hydroxylation is 1. The van der Waals surface area contributed by atoms with Crippen LogP contribution in [0.1, 0.15) is 29.8 Å². The van der Waals surface area contributed by atoms with Crippen LogP contribution < -0.4 is 10.2 Å². The average Bonchev–Trinajstić information content (AvgIpc) is 2.47. The number of halogens is 1. The van der Waals surface area contributed by atoms with E-state index in [1.165, 1.54) is 0 Å². The Balaban J connectivity index is 2.29. The molecule has 0 radical (unpaired) electrons. The minimum absolute atomic E-state index is 0.290. The smallest absolute Gasteiger partial charge is 0.335 e. The van der Waals surface area contributed by atoms with Gasteiger partial charge in [-0.05, 0) is 56.7 Å². The van der Waals surface area contributed by atoms with E-state index in [4.69, 9.17) is 16.7 Å². The van der Waals surface area contributed by atoms with Crippen molar-refractivity contribution in [2.24, 2.45) is 0 Å². The number of hydrogen-bond donors (Lipinski definition) is 2. The third-order valence-electron chi connectivity index (χ3n) is 3.59. The topological polar surface area (TPSA) is 65.5 Å². The lowest BCUT2D eigenvalue weighted by atomic mass is 10.1. The number of carboxylic acid groups (broad SMARTS) is 1. The van der Waals surface area contributed by atoms with Crippen LogP contribution in [0.3, 0.4) is 0 Å². The van der Waals surface area contributed by atoms with Crippen molar-refractivity contribution in [1.29, 1.82) is 0 Å². The fraction of sp³-hybridized carbons (Fsp3) is 0.294. The highest BCUT2D eigenvalue weighted by Gasteiger charge is 2.10. The number of anilines is 3. The highest BCUT2D eigenvalue weighted by atomic mass is 35.5. The Bertz CT molecular complexity index is 715. The van der Waals surface area contributed by atoms with Crippen molar-refractivity contribution >= 4 is 34.9 Å². The maximum absolute atomic E-state index is 11.1. The van der Waals surface area contributed by atoms with Gasteiger partial charge in [-0.3, -0.25) is 0 Å².